The molecular weight excluding hydrogens is 364 g/mol. The van der Waals surface area contributed by atoms with Gasteiger partial charge in [-0.25, -0.2) is 14.4 Å². The van der Waals surface area contributed by atoms with Crippen LogP contribution < -0.4 is 10.1 Å². The molecule has 0 fully saturated rings. The first-order valence-corrected chi connectivity index (χ1v) is 9.09. The largest absolute Gasteiger partial charge is 0.491 e. The van der Waals surface area contributed by atoms with Crippen molar-refractivity contribution in [1.29, 1.82) is 0 Å². The zero-order valence-electron chi connectivity index (χ0n) is 14.6. The van der Waals surface area contributed by atoms with Gasteiger partial charge in [0.15, 0.2) is 0 Å². The van der Waals surface area contributed by atoms with Gasteiger partial charge in [0, 0.05) is 18.8 Å². The number of aliphatic hydroxyl groups is 1. The van der Waals surface area contributed by atoms with Crippen LogP contribution in [-0.4, -0.2) is 41.5 Å². The minimum Gasteiger partial charge on any atom is -0.491 e. The van der Waals surface area contributed by atoms with Crippen LogP contribution >= 0.6 is 11.3 Å². The van der Waals surface area contributed by atoms with Crippen molar-refractivity contribution in [2.75, 3.05) is 25.6 Å². The van der Waals surface area contributed by atoms with Gasteiger partial charge in [0.2, 0.25) is 0 Å². The van der Waals surface area contributed by atoms with Crippen LogP contribution in [0.15, 0.2) is 42.6 Å². The van der Waals surface area contributed by atoms with Crippen molar-refractivity contribution in [3.05, 3.63) is 53.2 Å². The summed E-state index contributed by atoms with van der Waals surface area (Å²) in [7, 11) is 1.82. The van der Waals surface area contributed by atoms with Crippen LogP contribution in [0.1, 0.15) is 10.6 Å². The van der Waals surface area contributed by atoms with Crippen molar-refractivity contribution < 1.29 is 14.2 Å². The Morgan fingerprint density at radius 2 is 2.26 bits per heavy atom. The first-order valence-electron chi connectivity index (χ1n) is 8.27. The lowest BCUT2D eigenvalue weighted by Gasteiger charge is -2.08. The highest BCUT2D eigenvalue weighted by atomic mass is 32.1. The molecule has 0 aliphatic carbocycles. The Balaban J connectivity index is 1.66. The number of aliphatic hydroxyl groups excluding tert-OH is 1. The van der Waals surface area contributed by atoms with E-state index in [-0.39, 0.29) is 6.61 Å². The van der Waals surface area contributed by atoms with E-state index in [1.54, 1.807) is 18.3 Å². The first-order chi connectivity index (χ1) is 13.2. The number of nitrogens with zero attached hydrogens (tertiary/aromatic N) is 2. The van der Waals surface area contributed by atoms with Crippen molar-refractivity contribution in [2.45, 2.75) is 6.10 Å². The molecule has 0 spiro atoms. The third kappa shape index (κ3) is 5.26. The summed E-state index contributed by atoms with van der Waals surface area (Å²) in [5.74, 6) is 7.36. The lowest BCUT2D eigenvalue weighted by molar-refractivity contribution is 0.0842. The molecule has 0 saturated carbocycles. The fourth-order valence-corrected chi connectivity index (χ4v) is 3.07. The second kappa shape index (κ2) is 9.12. The van der Waals surface area contributed by atoms with Crippen LogP contribution in [0.2, 0.25) is 0 Å². The van der Waals surface area contributed by atoms with Gasteiger partial charge < -0.3 is 15.2 Å². The summed E-state index contributed by atoms with van der Waals surface area (Å²) in [5.41, 5.74) is 1.68. The van der Waals surface area contributed by atoms with Crippen LogP contribution in [0, 0.1) is 11.8 Å². The van der Waals surface area contributed by atoms with Crippen LogP contribution in [0.5, 0.6) is 5.75 Å². The number of alkyl halides is 1. The van der Waals surface area contributed by atoms with Gasteiger partial charge in [-0.3, -0.25) is 0 Å². The smallest absolute Gasteiger partial charge is 0.125 e. The Bertz CT molecular complexity index is 990. The van der Waals surface area contributed by atoms with E-state index in [0.29, 0.717) is 5.75 Å². The minimum atomic E-state index is -1.11. The highest BCUT2D eigenvalue weighted by molar-refractivity contribution is 7.19. The number of pyridine rings is 1. The number of hydrogen-bond donors (Lipinski definition) is 2. The number of nitrogens with one attached hydrogen (secondary N) is 1. The zero-order chi connectivity index (χ0) is 19.1. The molecule has 5 nitrogen and oxygen atoms in total. The number of halogens is 1. The molecular formula is C20H18FN3O2S. The van der Waals surface area contributed by atoms with Crippen molar-refractivity contribution in [3.63, 3.8) is 0 Å². The maximum Gasteiger partial charge on any atom is 0.125 e. The predicted molar refractivity (Wildman–Crippen MR) is 107 cm³/mol. The van der Waals surface area contributed by atoms with E-state index in [2.05, 4.69) is 27.1 Å². The molecule has 0 bridgehead atoms. The SMILES string of the molecule is CNc1ccc(C#C/C=C/c2nc3ccc(OCC(O)C[18F])cc3s2)cn1. The topological polar surface area (TPSA) is 67.3 Å². The number of fused-ring (bicyclic) bond motifs is 1. The molecule has 27 heavy (non-hydrogen) atoms. The summed E-state index contributed by atoms with van der Waals surface area (Å²) >= 11 is 1.50. The van der Waals surface area contributed by atoms with Crippen molar-refractivity contribution >= 4 is 33.4 Å². The van der Waals surface area contributed by atoms with E-state index in [1.807, 2.05) is 37.4 Å². The van der Waals surface area contributed by atoms with Crippen molar-refractivity contribution in [2.24, 2.45) is 0 Å². The highest BCUT2D eigenvalue weighted by Crippen LogP contribution is 2.27. The molecule has 2 N–H and O–H groups in total. The summed E-state index contributed by atoms with van der Waals surface area (Å²) in [5, 5.41) is 13.0. The van der Waals surface area contributed by atoms with E-state index in [4.69, 9.17) is 4.74 Å². The highest BCUT2D eigenvalue weighted by Gasteiger charge is 2.06. The standard InChI is InChI=1S/C20H18FN3O2S/c1-22-19-9-6-14(12-23-19)4-2-3-5-20-24-17-8-7-16(10-18(17)27-20)26-13-15(25)11-21/h3,5-10,12,15,25H,11,13H2,1H3,(H,22,23)/b5-3+/i21-1. The number of rotatable bonds is 6. The van der Waals surface area contributed by atoms with E-state index in [9.17, 15) is 9.50 Å². The number of hydrogen-bond acceptors (Lipinski definition) is 6. The molecule has 138 valence electrons. The number of anilines is 1. The zero-order valence-corrected chi connectivity index (χ0v) is 15.5. The molecule has 0 saturated heterocycles. The van der Waals surface area contributed by atoms with Crippen molar-refractivity contribution in [1.82, 2.24) is 9.97 Å². The summed E-state index contributed by atoms with van der Waals surface area (Å²) in [6.07, 6.45) is 4.20. The average molecular weight is 382 g/mol. The van der Waals surface area contributed by atoms with Gasteiger partial charge in [0.05, 0.1) is 10.2 Å². The van der Waals surface area contributed by atoms with Gasteiger partial charge in [0.1, 0.15) is 36.0 Å². The van der Waals surface area contributed by atoms with Gasteiger partial charge >= 0.3 is 0 Å². The summed E-state index contributed by atoms with van der Waals surface area (Å²) in [6, 6.07) is 9.19. The predicted octanol–water partition coefficient (Wildman–Crippen LogP) is 3.51. The number of aromatic nitrogens is 2. The molecule has 2 aromatic heterocycles. The molecule has 1 aromatic carbocycles. The molecule has 7 heteroatoms. The maximum atomic E-state index is 12.3. The lowest BCUT2D eigenvalue weighted by Crippen LogP contribution is -2.19. The molecule has 2 heterocycles. The normalized spacial score (nSPS) is 12.0. The van der Waals surface area contributed by atoms with E-state index >= 15 is 0 Å². The second-order valence-corrected chi connectivity index (χ2v) is 6.65. The number of benzene rings is 1. The van der Waals surface area contributed by atoms with Gasteiger partial charge in [-0.15, -0.1) is 11.3 Å². The van der Waals surface area contributed by atoms with Crippen LogP contribution in [0.25, 0.3) is 16.3 Å². The Morgan fingerprint density at radius 1 is 1.37 bits per heavy atom. The van der Waals surface area contributed by atoms with Gasteiger partial charge in [-0.1, -0.05) is 11.8 Å². The van der Waals surface area contributed by atoms with E-state index in [0.717, 1.165) is 26.6 Å². The summed E-state index contributed by atoms with van der Waals surface area (Å²) < 4.78 is 18.6. The lowest BCUT2D eigenvalue weighted by atomic mass is 10.3. The third-order valence-corrected chi connectivity index (χ3v) is 4.53. The molecule has 3 aromatic rings. The van der Waals surface area contributed by atoms with Gasteiger partial charge in [-0.2, -0.15) is 0 Å². The van der Waals surface area contributed by atoms with Crippen LogP contribution in [0.3, 0.4) is 0 Å². The molecule has 0 radical (unpaired) electrons. The first kappa shape index (κ1) is 18.8. The van der Waals surface area contributed by atoms with Gasteiger partial charge in [0.25, 0.3) is 0 Å². The Labute approximate surface area is 160 Å². The van der Waals surface area contributed by atoms with Crippen LogP contribution in [-0.2, 0) is 0 Å². The monoisotopic (exact) mass is 382 g/mol. The number of ether oxygens (including phenoxy) is 1. The van der Waals surface area contributed by atoms with Crippen LogP contribution in [0.4, 0.5) is 10.2 Å². The van der Waals surface area contributed by atoms with E-state index in [1.165, 1.54) is 11.3 Å². The van der Waals surface area contributed by atoms with Crippen molar-refractivity contribution in [3.8, 4) is 17.6 Å². The fourth-order valence-electron chi connectivity index (χ4n) is 2.17. The summed E-state index contributed by atoms with van der Waals surface area (Å²) in [6.45, 7) is -0.901. The summed E-state index contributed by atoms with van der Waals surface area (Å²) in [4.78, 5) is 8.72. The Kier molecular flexibility index (Phi) is 6.36. The van der Waals surface area contributed by atoms with E-state index < -0.39 is 12.8 Å². The Morgan fingerprint density at radius 3 is 3.00 bits per heavy atom. The van der Waals surface area contributed by atoms with Gasteiger partial charge in [-0.05, 0) is 42.5 Å². The second-order valence-electron chi connectivity index (χ2n) is 5.59. The minimum absolute atomic E-state index is 0.0761. The number of allylic oxidation sites excluding steroid dienone is 1. The average Bonchev–Trinajstić information content (AvgIpc) is 3.11. The maximum absolute atomic E-state index is 12.3. The Hall–Kier alpha value is -2.95. The molecule has 1 atom stereocenters. The quantitative estimate of drug-likeness (QED) is 0.639. The molecule has 3 rings (SSSR count). The fraction of sp³-hybridized carbons (Fsp3) is 0.200. The third-order valence-electron chi connectivity index (χ3n) is 3.54. The molecule has 1 unspecified atom stereocenters. The molecule has 0 amide bonds. The number of thiazole rings is 1. The molecule has 0 aliphatic heterocycles. The molecule has 0 aliphatic rings.